The fourth-order valence-corrected chi connectivity index (χ4v) is 2.75. The number of hydrogen-bond donors (Lipinski definition) is 2. The van der Waals surface area contributed by atoms with Gasteiger partial charge in [-0.05, 0) is 32.4 Å². The van der Waals surface area contributed by atoms with Crippen LogP contribution in [0.25, 0.3) is 0 Å². The number of aliphatic hydroxyl groups is 1. The average Bonchev–Trinajstić information content (AvgIpc) is 2.50. The van der Waals surface area contributed by atoms with E-state index in [4.69, 9.17) is 5.11 Å². The highest BCUT2D eigenvalue weighted by atomic mass is 16.2. The first-order valence-electron chi connectivity index (χ1n) is 9.73. The lowest BCUT2D eigenvalue weighted by molar-refractivity contribution is 0.282. The van der Waals surface area contributed by atoms with Gasteiger partial charge in [0.05, 0.1) is 0 Å². The average molecular weight is 300 g/mol. The minimum atomic E-state index is 0.353. The van der Waals surface area contributed by atoms with Gasteiger partial charge in [0, 0.05) is 6.61 Å². The summed E-state index contributed by atoms with van der Waals surface area (Å²) in [6.07, 6.45) is 20.3. The van der Waals surface area contributed by atoms with Crippen molar-refractivity contribution in [3.05, 3.63) is 0 Å². The smallest absolute Gasteiger partial charge is 0.0431 e. The minimum Gasteiger partial charge on any atom is -0.396 e. The molecule has 2 heteroatoms. The molecule has 0 fully saturated rings. The standard InChI is InChI=1S/C19H41NO/c1-2-3-4-5-6-7-8-9-10-11-14-17-20-18-15-12-13-16-19-21/h20-21H,2-19H2,1H3. The molecule has 0 spiro atoms. The molecule has 0 radical (unpaired) electrons. The number of hydrogen-bond acceptors (Lipinski definition) is 2. The van der Waals surface area contributed by atoms with Crippen molar-refractivity contribution in [1.29, 1.82) is 0 Å². The molecule has 0 heterocycles. The zero-order chi connectivity index (χ0) is 15.4. The van der Waals surface area contributed by atoms with Gasteiger partial charge in [0.1, 0.15) is 0 Å². The molecule has 0 unspecified atom stereocenters. The van der Waals surface area contributed by atoms with Crippen molar-refractivity contribution in [3.63, 3.8) is 0 Å². The Labute approximate surface area is 134 Å². The van der Waals surface area contributed by atoms with Crippen LogP contribution in [0.1, 0.15) is 103 Å². The number of aliphatic hydroxyl groups excluding tert-OH is 1. The normalized spacial score (nSPS) is 11.1. The Balaban J connectivity index is 2.90. The van der Waals surface area contributed by atoms with E-state index in [0.29, 0.717) is 6.61 Å². The van der Waals surface area contributed by atoms with Gasteiger partial charge >= 0.3 is 0 Å². The Kier molecular flexibility index (Phi) is 19.8. The number of nitrogens with one attached hydrogen (secondary N) is 1. The summed E-state index contributed by atoms with van der Waals surface area (Å²) < 4.78 is 0. The van der Waals surface area contributed by atoms with Crippen LogP contribution in [0.4, 0.5) is 0 Å². The van der Waals surface area contributed by atoms with E-state index in [1.54, 1.807) is 0 Å². The Hall–Kier alpha value is -0.0800. The molecule has 2 nitrogen and oxygen atoms in total. The maximum atomic E-state index is 8.68. The third-order valence-corrected chi connectivity index (χ3v) is 4.22. The first-order chi connectivity index (χ1) is 10.4. The zero-order valence-corrected chi connectivity index (χ0v) is 14.7. The van der Waals surface area contributed by atoms with Crippen molar-refractivity contribution >= 4 is 0 Å². The second kappa shape index (κ2) is 19.9. The SMILES string of the molecule is CCCCCCCCCCCCCNCCCCCCO. The van der Waals surface area contributed by atoms with E-state index >= 15 is 0 Å². The molecule has 21 heavy (non-hydrogen) atoms. The van der Waals surface area contributed by atoms with Crippen LogP contribution in [-0.4, -0.2) is 24.8 Å². The number of rotatable bonds is 18. The van der Waals surface area contributed by atoms with Crippen molar-refractivity contribution < 1.29 is 5.11 Å². The maximum Gasteiger partial charge on any atom is 0.0431 e. The van der Waals surface area contributed by atoms with E-state index in [1.165, 1.54) is 96.4 Å². The third-order valence-electron chi connectivity index (χ3n) is 4.22. The van der Waals surface area contributed by atoms with Gasteiger partial charge in [0.25, 0.3) is 0 Å². The second-order valence-corrected chi connectivity index (χ2v) is 6.42. The van der Waals surface area contributed by atoms with E-state index < -0.39 is 0 Å². The molecular formula is C19H41NO. The van der Waals surface area contributed by atoms with Crippen molar-refractivity contribution in [2.75, 3.05) is 19.7 Å². The predicted molar refractivity (Wildman–Crippen MR) is 94.9 cm³/mol. The number of unbranched alkanes of at least 4 members (excludes halogenated alkanes) is 13. The molecule has 0 aromatic rings. The molecule has 0 aliphatic carbocycles. The summed E-state index contributed by atoms with van der Waals surface area (Å²) in [5, 5.41) is 12.2. The topological polar surface area (TPSA) is 32.3 Å². The van der Waals surface area contributed by atoms with Crippen LogP contribution < -0.4 is 5.32 Å². The molecule has 128 valence electrons. The summed E-state index contributed by atoms with van der Waals surface area (Å²) in [6, 6.07) is 0. The van der Waals surface area contributed by atoms with Crippen molar-refractivity contribution in [3.8, 4) is 0 Å². The molecule has 0 atom stereocenters. The summed E-state index contributed by atoms with van der Waals surface area (Å²) in [6.45, 7) is 4.98. The summed E-state index contributed by atoms with van der Waals surface area (Å²) in [7, 11) is 0. The van der Waals surface area contributed by atoms with Crippen LogP contribution in [0.5, 0.6) is 0 Å². The summed E-state index contributed by atoms with van der Waals surface area (Å²) in [4.78, 5) is 0. The summed E-state index contributed by atoms with van der Waals surface area (Å²) in [5.74, 6) is 0. The minimum absolute atomic E-state index is 0.353. The lowest BCUT2D eigenvalue weighted by Gasteiger charge is -2.05. The first-order valence-corrected chi connectivity index (χ1v) is 9.73. The van der Waals surface area contributed by atoms with Gasteiger partial charge in [-0.15, -0.1) is 0 Å². The molecule has 0 saturated heterocycles. The first kappa shape index (κ1) is 20.9. The second-order valence-electron chi connectivity index (χ2n) is 6.42. The molecule has 0 aromatic carbocycles. The molecule has 0 aromatic heterocycles. The molecule has 2 N–H and O–H groups in total. The van der Waals surface area contributed by atoms with Crippen LogP contribution in [-0.2, 0) is 0 Å². The highest BCUT2D eigenvalue weighted by Gasteiger charge is 1.93. The van der Waals surface area contributed by atoms with E-state index in [9.17, 15) is 0 Å². The van der Waals surface area contributed by atoms with Gasteiger partial charge in [-0.1, -0.05) is 84.0 Å². The molecule has 0 bridgehead atoms. The van der Waals surface area contributed by atoms with Crippen molar-refractivity contribution in [1.82, 2.24) is 5.32 Å². The van der Waals surface area contributed by atoms with E-state index in [1.807, 2.05) is 0 Å². The Morgan fingerprint density at radius 3 is 1.33 bits per heavy atom. The van der Waals surface area contributed by atoms with Gasteiger partial charge in [-0.3, -0.25) is 0 Å². The van der Waals surface area contributed by atoms with Gasteiger partial charge in [-0.2, -0.15) is 0 Å². The highest BCUT2D eigenvalue weighted by molar-refractivity contribution is 4.52. The fraction of sp³-hybridized carbons (Fsp3) is 1.00. The van der Waals surface area contributed by atoms with E-state index in [-0.39, 0.29) is 0 Å². The zero-order valence-electron chi connectivity index (χ0n) is 14.7. The Bertz CT molecular complexity index is 155. The lowest BCUT2D eigenvalue weighted by Crippen LogP contribution is -2.16. The molecular weight excluding hydrogens is 258 g/mol. The monoisotopic (exact) mass is 299 g/mol. The molecule has 0 aliphatic rings. The fourth-order valence-electron chi connectivity index (χ4n) is 2.75. The quantitative estimate of drug-likeness (QED) is 0.330. The summed E-state index contributed by atoms with van der Waals surface area (Å²) in [5.41, 5.74) is 0. The van der Waals surface area contributed by atoms with E-state index in [2.05, 4.69) is 12.2 Å². The molecule has 0 rings (SSSR count). The summed E-state index contributed by atoms with van der Waals surface area (Å²) >= 11 is 0. The van der Waals surface area contributed by atoms with Crippen LogP contribution in [0.2, 0.25) is 0 Å². The Morgan fingerprint density at radius 2 is 0.905 bits per heavy atom. The lowest BCUT2D eigenvalue weighted by atomic mass is 10.1. The van der Waals surface area contributed by atoms with Gasteiger partial charge in [-0.25, -0.2) is 0 Å². The van der Waals surface area contributed by atoms with E-state index in [0.717, 1.165) is 13.0 Å². The molecule has 0 aliphatic heterocycles. The Morgan fingerprint density at radius 1 is 0.524 bits per heavy atom. The maximum absolute atomic E-state index is 8.68. The van der Waals surface area contributed by atoms with Gasteiger partial charge in [0.15, 0.2) is 0 Å². The van der Waals surface area contributed by atoms with Crippen LogP contribution in [0, 0.1) is 0 Å². The van der Waals surface area contributed by atoms with Crippen LogP contribution in [0.3, 0.4) is 0 Å². The predicted octanol–water partition coefficient (Wildman–Crippen LogP) is 5.44. The molecule has 0 saturated carbocycles. The van der Waals surface area contributed by atoms with Crippen LogP contribution >= 0.6 is 0 Å². The van der Waals surface area contributed by atoms with Gasteiger partial charge < -0.3 is 10.4 Å². The van der Waals surface area contributed by atoms with Crippen molar-refractivity contribution in [2.24, 2.45) is 0 Å². The van der Waals surface area contributed by atoms with Gasteiger partial charge in [0.2, 0.25) is 0 Å². The van der Waals surface area contributed by atoms with Crippen LogP contribution in [0.15, 0.2) is 0 Å². The third kappa shape index (κ3) is 19.9. The largest absolute Gasteiger partial charge is 0.396 e. The van der Waals surface area contributed by atoms with Crippen molar-refractivity contribution in [2.45, 2.75) is 103 Å². The molecule has 0 amide bonds. The highest BCUT2D eigenvalue weighted by Crippen LogP contribution is 2.11.